The van der Waals surface area contributed by atoms with Gasteiger partial charge in [-0.2, -0.15) is 0 Å². The van der Waals surface area contributed by atoms with Crippen LogP contribution in [0.3, 0.4) is 0 Å². The molecule has 0 bridgehead atoms. The topological polar surface area (TPSA) is 106 Å². The number of carbonyl (C=O) groups is 1. The van der Waals surface area contributed by atoms with Crippen LogP contribution in [0.15, 0.2) is 18.2 Å². The van der Waals surface area contributed by atoms with Crippen molar-refractivity contribution in [1.82, 2.24) is 10.6 Å². The molecule has 0 spiro atoms. The molecule has 1 aromatic carbocycles. The summed E-state index contributed by atoms with van der Waals surface area (Å²) in [6.45, 7) is 2.55. The van der Waals surface area contributed by atoms with Crippen molar-refractivity contribution >= 4 is 17.3 Å². The first-order chi connectivity index (χ1) is 10.1. The quantitative estimate of drug-likeness (QED) is 0.535. The summed E-state index contributed by atoms with van der Waals surface area (Å²) in [6.07, 6.45) is -0.0537. The summed E-state index contributed by atoms with van der Waals surface area (Å²) >= 11 is 0. The van der Waals surface area contributed by atoms with Crippen LogP contribution in [-0.4, -0.2) is 50.2 Å². The molecular formula is C13H18N4O4. The van der Waals surface area contributed by atoms with Crippen LogP contribution in [0.25, 0.3) is 0 Å². The van der Waals surface area contributed by atoms with Gasteiger partial charge in [0.15, 0.2) is 0 Å². The zero-order valence-corrected chi connectivity index (χ0v) is 11.7. The van der Waals surface area contributed by atoms with Gasteiger partial charge in [0, 0.05) is 38.3 Å². The molecule has 1 aromatic rings. The Balaban J connectivity index is 2.13. The Labute approximate surface area is 122 Å². The smallest absolute Gasteiger partial charge is 0.292 e. The number of nitrogens with zero attached hydrogens (tertiary/aromatic N) is 1. The number of hydrogen-bond donors (Lipinski definition) is 3. The van der Waals surface area contributed by atoms with E-state index in [1.54, 1.807) is 0 Å². The predicted molar refractivity (Wildman–Crippen MR) is 77.6 cm³/mol. The lowest BCUT2D eigenvalue weighted by Gasteiger charge is -2.24. The molecule has 8 nitrogen and oxygen atoms in total. The van der Waals surface area contributed by atoms with Crippen LogP contribution in [0, 0.1) is 10.1 Å². The van der Waals surface area contributed by atoms with Crippen LogP contribution >= 0.6 is 0 Å². The third-order valence-corrected chi connectivity index (χ3v) is 3.21. The maximum absolute atomic E-state index is 11.6. The van der Waals surface area contributed by atoms with Crippen molar-refractivity contribution in [3.8, 4) is 0 Å². The highest BCUT2D eigenvalue weighted by Crippen LogP contribution is 2.25. The van der Waals surface area contributed by atoms with Crippen molar-refractivity contribution in [3.63, 3.8) is 0 Å². The number of morpholine rings is 1. The van der Waals surface area contributed by atoms with E-state index in [9.17, 15) is 14.9 Å². The molecule has 1 amide bonds. The van der Waals surface area contributed by atoms with Crippen LogP contribution in [0.2, 0.25) is 0 Å². The van der Waals surface area contributed by atoms with E-state index in [0.29, 0.717) is 30.9 Å². The van der Waals surface area contributed by atoms with Crippen molar-refractivity contribution < 1.29 is 14.5 Å². The second kappa shape index (κ2) is 7.00. The third-order valence-electron chi connectivity index (χ3n) is 3.21. The molecule has 0 saturated carbocycles. The van der Waals surface area contributed by atoms with E-state index in [2.05, 4.69) is 16.0 Å². The molecule has 1 fully saturated rings. The average molecular weight is 294 g/mol. The summed E-state index contributed by atoms with van der Waals surface area (Å²) in [5, 5.41) is 19.7. The van der Waals surface area contributed by atoms with Crippen LogP contribution in [-0.2, 0) is 4.74 Å². The maximum Gasteiger partial charge on any atom is 0.292 e. The largest absolute Gasteiger partial charge is 0.377 e. The maximum atomic E-state index is 11.6. The van der Waals surface area contributed by atoms with Gasteiger partial charge in [0.25, 0.3) is 11.6 Å². The van der Waals surface area contributed by atoms with E-state index in [4.69, 9.17) is 4.74 Å². The predicted octanol–water partition coefficient (Wildman–Crippen LogP) is 0.355. The molecular weight excluding hydrogens is 276 g/mol. The van der Waals surface area contributed by atoms with Crippen molar-refractivity contribution in [2.24, 2.45) is 0 Å². The number of nitro groups is 1. The van der Waals surface area contributed by atoms with Crippen molar-refractivity contribution in [2.45, 2.75) is 6.10 Å². The van der Waals surface area contributed by atoms with Crippen LogP contribution in [0.4, 0.5) is 11.4 Å². The molecule has 1 heterocycles. The molecule has 114 valence electrons. The molecule has 1 aliphatic heterocycles. The van der Waals surface area contributed by atoms with Gasteiger partial charge in [-0.15, -0.1) is 0 Å². The second-order valence-corrected chi connectivity index (χ2v) is 4.65. The molecule has 1 unspecified atom stereocenters. The first kappa shape index (κ1) is 15.2. The van der Waals surface area contributed by atoms with E-state index in [0.717, 1.165) is 6.54 Å². The van der Waals surface area contributed by atoms with Crippen molar-refractivity contribution in [2.75, 3.05) is 38.6 Å². The van der Waals surface area contributed by atoms with Crippen molar-refractivity contribution in [1.29, 1.82) is 0 Å². The summed E-state index contributed by atoms with van der Waals surface area (Å²) in [6, 6.07) is 4.24. The number of benzene rings is 1. The molecule has 0 aromatic heterocycles. The lowest BCUT2D eigenvalue weighted by molar-refractivity contribution is -0.384. The van der Waals surface area contributed by atoms with E-state index in [1.807, 2.05) is 0 Å². The molecule has 21 heavy (non-hydrogen) atoms. The Hall–Kier alpha value is -2.19. The molecule has 8 heteroatoms. The van der Waals surface area contributed by atoms with E-state index in [1.165, 1.54) is 25.2 Å². The Bertz CT molecular complexity index is 529. The second-order valence-electron chi connectivity index (χ2n) is 4.65. The molecule has 1 saturated heterocycles. The van der Waals surface area contributed by atoms with Gasteiger partial charge in [0.1, 0.15) is 5.69 Å². The first-order valence-electron chi connectivity index (χ1n) is 6.68. The Kier molecular flexibility index (Phi) is 5.07. The van der Waals surface area contributed by atoms with E-state index in [-0.39, 0.29) is 17.7 Å². The Morgan fingerprint density at radius 3 is 3.00 bits per heavy atom. The lowest BCUT2D eigenvalue weighted by Crippen LogP contribution is -2.42. The summed E-state index contributed by atoms with van der Waals surface area (Å²) in [7, 11) is 1.51. The van der Waals surface area contributed by atoms with Gasteiger partial charge >= 0.3 is 0 Å². The fourth-order valence-electron chi connectivity index (χ4n) is 2.10. The highest BCUT2D eigenvalue weighted by atomic mass is 16.6. The summed E-state index contributed by atoms with van der Waals surface area (Å²) < 4.78 is 5.52. The van der Waals surface area contributed by atoms with Gasteiger partial charge in [0.2, 0.25) is 0 Å². The monoisotopic (exact) mass is 294 g/mol. The molecule has 3 N–H and O–H groups in total. The summed E-state index contributed by atoms with van der Waals surface area (Å²) in [5.74, 6) is -0.288. The zero-order valence-electron chi connectivity index (χ0n) is 11.7. The first-order valence-corrected chi connectivity index (χ1v) is 6.68. The molecule has 1 aliphatic rings. The van der Waals surface area contributed by atoms with Gasteiger partial charge < -0.3 is 20.7 Å². The Morgan fingerprint density at radius 2 is 2.38 bits per heavy atom. The van der Waals surface area contributed by atoms with Gasteiger partial charge in [-0.1, -0.05) is 0 Å². The number of carbonyl (C=O) groups excluding carboxylic acids is 1. The molecule has 2 rings (SSSR count). The Morgan fingerprint density at radius 1 is 1.57 bits per heavy atom. The number of amides is 1. The van der Waals surface area contributed by atoms with Crippen LogP contribution in [0.1, 0.15) is 10.4 Å². The number of rotatable bonds is 5. The van der Waals surface area contributed by atoms with Crippen LogP contribution in [0.5, 0.6) is 0 Å². The average Bonchev–Trinajstić information content (AvgIpc) is 2.52. The van der Waals surface area contributed by atoms with Crippen molar-refractivity contribution in [3.05, 3.63) is 33.9 Å². The van der Waals surface area contributed by atoms with Gasteiger partial charge in [-0.25, -0.2) is 0 Å². The number of hydrogen-bond acceptors (Lipinski definition) is 6. The number of ether oxygens (including phenoxy) is 1. The number of anilines is 1. The molecule has 0 aliphatic carbocycles. The van der Waals surface area contributed by atoms with Gasteiger partial charge in [0.05, 0.1) is 17.6 Å². The van der Waals surface area contributed by atoms with Gasteiger partial charge in [-0.3, -0.25) is 14.9 Å². The summed E-state index contributed by atoms with van der Waals surface area (Å²) in [5.41, 5.74) is 0.620. The fourth-order valence-corrected chi connectivity index (χ4v) is 2.10. The third kappa shape index (κ3) is 3.89. The minimum Gasteiger partial charge on any atom is -0.377 e. The molecule has 0 radical (unpaired) electrons. The van der Waals surface area contributed by atoms with Crippen LogP contribution < -0.4 is 16.0 Å². The SMILES string of the molecule is CNC(=O)c1ccc([N+](=O)[O-])c(NCC2CNCCO2)c1. The lowest BCUT2D eigenvalue weighted by atomic mass is 10.1. The zero-order chi connectivity index (χ0) is 15.2. The highest BCUT2D eigenvalue weighted by molar-refractivity contribution is 5.95. The fraction of sp³-hybridized carbons (Fsp3) is 0.462. The highest BCUT2D eigenvalue weighted by Gasteiger charge is 2.19. The van der Waals surface area contributed by atoms with Gasteiger partial charge in [-0.05, 0) is 12.1 Å². The normalized spacial score (nSPS) is 18.0. The van der Waals surface area contributed by atoms with E-state index >= 15 is 0 Å². The molecule has 1 atom stereocenters. The van der Waals surface area contributed by atoms with E-state index < -0.39 is 4.92 Å². The minimum absolute atomic E-state index is 0.0537. The minimum atomic E-state index is -0.476. The number of nitrogens with one attached hydrogen (secondary N) is 3. The number of nitro benzene ring substituents is 1. The summed E-state index contributed by atoms with van der Waals surface area (Å²) in [4.78, 5) is 22.2. The standard InChI is InChI=1S/C13H18N4O4/c1-14-13(18)9-2-3-12(17(19)20)11(6-9)16-8-10-7-15-4-5-21-10/h2-3,6,10,15-16H,4-5,7-8H2,1H3,(H,14,18).